The molecule has 0 aromatic carbocycles. The molecule has 0 bridgehead atoms. The second-order valence-corrected chi connectivity index (χ2v) is 2.89. The lowest BCUT2D eigenvalue weighted by Crippen LogP contribution is -2.21. The van der Waals surface area contributed by atoms with Gasteiger partial charge in [0.05, 0.1) is 12.3 Å². The van der Waals surface area contributed by atoms with Gasteiger partial charge in [0.25, 0.3) is 0 Å². The molecule has 0 saturated carbocycles. The zero-order chi connectivity index (χ0) is 8.97. The van der Waals surface area contributed by atoms with Crippen molar-refractivity contribution in [1.82, 2.24) is 10.1 Å². The molecule has 0 spiro atoms. The van der Waals surface area contributed by atoms with Gasteiger partial charge < -0.3 is 9.63 Å². The molecular formula is C8H14N2O2. The van der Waals surface area contributed by atoms with Gasteiger partial charge in [-0.15, -0.1) is 0 Å². The molecule has 0 amide bonds. The number of hydrogen-bond acceptors (Lipinski definition) is 4. The Morgan fingerprint density at radius 2 is 2.42 bits per heavy atom. The smallest absolute Gasteiger partial charge is 0.133 e. The third-order valence-corrected chi connectivity index (χ3v) is 1.59. The second kappa shape index (κ2) is 4.23. The van der Waals surface area contributed by atoms with Gasteiger partial charge in [-0.3, -0.25) is 4.90 Å². The highest BCUT2D eigenvalue weighted by atomic mass is 16.5. The molecule has 0 aliphatic rings. The summed E-state index contributed by atoms with van der Waals surface area (Å²) in [5.41, 5.74) is 0.906. The topological polar surface area (TPSA) is 49.5 Å². The van der Waals surface area contributed by atoms with Crippen molar-refractivity contribution in [2.24, 2.45) is 0 Å². The van der Waals surface area contributed by atoms with Crippen molar-refractivity contribution in [3.8, 4) is 0 Å². The van der Waals surface area contributed by atoms with Crippen molar-refractivity contribution < 1.29 is 9.63 Å². The predicted molar refractivity (Wildman–Crippen MR) is 44.7 cm³/mol. The van der Waals surface area contributed by atoms with Gasteiger partial charge in [-0.25, -0.2) is 0 Å². The number of rotatable bonds is 4. The summed E-state index contributed by atoms with van der Waals surface area (Å²) < 4.78 is 4.90. The summed E-state index contributed by atoms with van der Waals surface area (Å²) in [6.07, 6.45) is 0. The summed E-state index contributed by atoms with van der Waals surface area (Å²) in [6, 6.07) is 1.90. The fourth-order valence-corrected chi connectivity index (χ4v) is 1.02. The molecular weight excluding hydrogens is 156 g/mol. The van der Waals surface area contributed by atoms with E-state index in [1.54, 1.807) is 0 Å². The Balaban J connectivity index is 2.41. The second-order valence-electron chi connectivity index (χ2n) is 2.89. The molecule has 0 aliphatic heterocycles. The monoisotopic (exact) mass is 170 g/mol. The van der Waals surface area contributed by atoms with Crippen LogP contribution in [0.2, 0.25) is 0 Å². The van der Waals surface area contributed by atoms with E-state index in [4.69, 9.17) is 9.63 Å². The Morgan fingerprint density at radius 3 is 2.92 bits per heavy atom. The molecule has 4 heteroatoms. The number of aliphatic hydroxyl groups is 1. The Bertz CT molecular complexity index is 235. The van der Waals surface area contributed by atoms with E-state index < -0.39 is 0 Å². The Labute approximate surface area is 71.8 Å². The van der Waals surface area contributed by atoms with Crippen molar-refractivity contribution in [2.75, 3.05) is 20.2 Å². The van der Waals surface area contributed by atoms with Gasteiger partial charge >= 0.3 is 0 Å². The summed E-state index contributed by atoms with van der Waals surface area (Å²) in [7, 11) is 1.93. The van der Waals surface area contributed by atoms with Gasteiger partial charge in [0.2, 0.25) is 0 Å². The average Bonchev–Trinajstić information content (AvgIpc) is 2.36. The number of aryl methyl sites for hydroxylation is 1. The standard InChI is InChI=1S/C8H14N2O2/c1-7-5-8(9-12-7)6-10(2)3-4-11/h5,11H,3-4,6H2,1-2H3. The van der Waals surface area contributed by atoms with Crippen LogP contribution in [0.4, 0.5) is 0 Å². The Morgan fingerprint density at radius 1 is 1.67 bits per heavy atom. The van der Waals surface area contributed by atoms with Gasteiger partial charge in [-0.05, 0) is 14.0 Å². The lowest BCUT2D eigenvalue weighted by molar-refractivity contribution is 0.214. The number of nitrogens with zero attached hydrogens (tertiary/aromatic N) is 2. The lowest BCUT2D eigenvalue weighted by atomic mass is 10.3. The number of aliphatic hydroxyl groups excluding tert-OH is 1. The molecule has 0 saturated heterocycles. The summed E-state index contributed by atoms with van der Waals surface area (Å²) in [5.74, 6) is 0.822. The quantitative estimate of drug-likeness (QED) is 0.711. The SMILES string of the molecule is Cc1cc(CN(C)CCO)no1. The predicted octanol–water partition coefficient (Wildman–Crippen LogP) is 0.407. The van der Waals surface area contributed by atoms with E-state index in [0.717, 1.165) is 18.0 Å². The lowest BCUT2D eigenvalue weighted by Gasteiger charge is -2.11. The Kier molecular flexibility index (Phi) is 3.25. The van der Waals surface area contributed by atoms with Crippen molar-refractivity contribution in [3.63, 3.8) is 0 Å². The van der Waals surface area contributed by atoms with Crippen LogP contribution >= 0.6 is 0 Å². The van der Waals surface area contributed by atoms with Crippen LogP contribution in [-0.2, 0) is 6.54 Å². The molecule has 1 N–H and O–H groups in total. The van der Waals surface area contributed by atoms with Crippen LogP contribution in [0.5, 0.6) is 0 Å². The zero-order valence-corrected chi connectivity index (χ0v) is 7.45. The fraction of sp³-hybridized carbons (Fsp3) is 0.625. The van der Waals surface area contributed by atoms with Gasteiger partial charge in [0.1, 0.15) is 5.76 Å². The van der Waals surface area contributed by atoms with Crippen molar-refractivity contribution >= 4 is 0 Å². The summed E-state index contributed by atoms with van der Waals surface area (Å²) >= 11 is 0. The first-order valence-electron chi connectivity index (χ1n) is 3.94. The molecule has 1 aromatic heterocycles. The van der Waals surface area contributed by atoms with E-state index in [1.165, 1.54) is 0 Å². The minimum absolute atomic E-state index is 0.174. The molecule has 1 heterocycles. The summed E-state index contributed by atoms with van der Waals surface area (Å²) in [4.78, 5) is 1.98. The number of aromatic nitrogens is 1. The molecule has 0 radical (unpaired) electrons. The van der Waals surface area contributed by atoms with Crippen LogP contribution in [0.3, 0.4) is 0 Å². The highest BCUT2D eigenvalue weighted by molar-refractivity contribution is 5.02. The van der Waals surface area contributed by atoms with Crippen LogP contribution in [0.1, 0.15) is 11.5 Å². The highest BCUT2D eigenvalue weighted by Crippen LogP contribution is 2.03. The first-order valence-corrected chi connectivity index (χ1v) is 3.94. The number of hydrogen-bond donors (Lipinski definition) is 1. The van der Waals surface area contributed by atoms with Gasteiger partial charge in [-0.2, -0.15) is 0 Å². The summed E-state index contributed by atoms with van der Waals surface area (Å²) in [5, 5.41) is 12.5. The highest BCUT2D eigenvalue weighted by Gasteiger charge is 2.03. The molecule has 12 heavy (non-hydrogen) atoms. The van der Waals surface area contributed by atoms with E-state index in [-0.39, 0.29) is 6.61 Å². The average molecular weight is 170 g/mol. The molecule has 1 aromatic rings. The van der Waals surface area contributed by atoms with E-state index in [0.29, 0.717) is 6.54 Å². The number of likely N-dealkylation sites (N-methyl/N-ethyl adjacent to an activating group) is 1. The van der Waals surface area contributed by atoms with Crippen molar-refractivity contribution in [1.29, 1.82) is 0 Å². The first-order chi connectivity index (χ1) is 5.72. The minimum atomic E-state index is 0.174. The van der Waals surface area contributed by atoms with E-state index >= 15 is 0 Å². The molecule has 0 unspecified atom stereocenters. The van der Waals surface area contributed by atoms with Crippen LogP contribution in [-0.4, -0.2) is 35.4 Å². The summed E-state index contributed by atoms with van der Waals surface area (Å²) in [6.45, 7) is 3.42. The van der Waals surface area contributed by atoms with E-state index in [1.807, 2.05) is 24.9 Å². The molecule has 68 valence electrons. The molecule has 0 aliphatic carbocycles. The van der Waals surface area contributed by atoms with Crippen LogP contribution in [0.15, 0.2) is 10.6 Å². The van der Waals surface area contributed by atoms with Gasteiger partial charge in [0.15, 0.2) is 0 Å². The van der Waals surface area contributed by atoms with Gasteiger partial charge in [0, 0.05) is 19.2 Å². The van der Waals surface area contributed by atoms with Gasteiger partial charge in [-0.1, -0.05) is 5.16 Å². The molecule has 1 rings (SSSR count). The molecule has 4 nitrogen and oxygen atoms in total. The van der Waals surface area contributed by atoms with Crippen LogP contribution in [0, 0.1) is 6.92 Å². The van der Waals surface area contributed by atoms with E-state index in [9.17, 15) is 0 Å². The molecule has 0 fully saturated rings. The third kappa shape index (κ3) is 2.64. The van der Waals surface area contributed by atoms with Crippen molar-refractivity contribution in [2.45, 2.75) is 13.5 Å². The zero-order valence-electron chi connectivity index (χ0n) is 7.45. The van der Waals surface area contributed by atoms with Crippen LogP contribution in [0.25, 0.3) is 0 Å². The Hall–Kier alpha value is -0.870. The van der Waals surface area contributed by atoms with E-state index in [2.05, 4.69) is 5.16 Å². The first kappa shape index (κ1) is 9.22. The van der Waals surface area contributed by atoms with Crippen molar-refractivity contribution in [3.05, 3.63) is 17.5 Å². The maximum absolute atomic E-state index is 8.63. The molecule has 0 atom stereocenters. The van der Waals surface area contributed by atoms with Crippen LogP contribution < -0.4 is 0 Å². The maximum atomic E-state index is 8.63. The maximum Gasteiger partial charge on any atom is 0.133 e. The normalized spacial score (nSPS) is 11.0. The third-order valence-electron chi connectivity index (χ3n) is 1.59. The minimum Gasteiger partial charge on any atom is -0.395 e. The fourth-order valence-electron chi connectivity index (χ4n) is 1.02. The largest absolute Gasteiger partial charge is 0.395 e.